The molecular formula is C14H22F2N2O2S. The topological polar surface area (TPSA) is 58.2 Å². The number of aryl methyl sites for hydroxylation is 1. The number of benzene rings is 1. The normalized spacial score (nSPS) is 12.4. The van der Waals surface area contributed by atoms with Crippen LogP contribution in [0.25, 0.3) is 0 Å². The van der Waals surface area contributed by atoms with Crippen LogP contribution in [0.5, 0.6) is 0 Å². The van der Waals surface area contributed by atoms with Crippen LogP contribution in [0.15, 0.2) is 17.0 Å². The van der Waals surface area contributed by atoms with Crippen LogP contribution in [0.3, 0.4) is 0 Å². The minimum atomic E-state index is -3.93. The van der Waals surface area contributed by atoms with Gasteiger partial charge in [0.1, 0.15) is 0 Å². The van der Waals surface area contributed by atoms with Gasteiger partial charge in [-0.2, -0.15) is 0 Å². The molecule has 0 heterocycles. The molecule has 0 aliphatic rings. The molecule has 0 saturated heterocycles. The summed E-state index contributed by atoms with van der Waals surface area (Å²) in [5, 5.41) is 3.20. The Kier molecular flexibility index (Phi) is 6.24. The first-order valence-electron chi connectivity index (χ1n) is 6.75. The highest BCUT2D eigenvalue weighted by Gasteiger charge is 2.20. The lowest BCUT2D eigenvalue weighted by Gasteiger charge is -2.15. The smallest absolute Gasteiger partial charge is 0.251 e. The summed E-state index contributed by atoms with van der Waals surface area (Å²) >= 11 is 0. The zero-order valence-electron chi connectivity index (χ0n) is 12.7. The van der Waals surface area contributed by atoms with Crippen molar-refractivity contribution in [2.24, 2.45) is 0 Å². The van der Waals surface area contributed by atoms with Crippen molar-refractivity contribution in [2.45, 2.75) is 51.6 Å². The second kappa shape index (κ2) is 7.29. The van der Waals surface area contributed by atoms with Crippen LogP contribution in [-0.2, 0) is 16.6 Å². The van der Waals surface area contributed by atoms with Crippen LogP contribution in [-0.4, -0.2) is 27.4 Å². The van der Waals surface area contributed by atoms with E-state index in [9.17, 15) is 17.2 Å². The van der Waals surface area contributed by atoms with Crippen molar-refractivity contribution in [1.82, 2.24) is 10.0 Å². The van der Waals surface area contributed by atoms with Gasteiger partial charge < -0.3 is 5.32 Å². The first kappa shape index (κ1) is 18.0. The Morgan fingerprint density at radius 3 is 2.33 bits per heavy atom. The van der Waals surface area contributed by atoms with Gasteiger partial charge in [0, 0.05) is 12.6 Å². The average molecular weight is 320 g/mol. The number of nitrogens with one attached hydrogen (secondary N) is 2. The van der Waals surface area contributed by atoms with Gasteiger partial charge in [-0.3, -0.25) is 0 Å². The molecule has 0 bridgehead atoms. The lowest BCUT2D eigenvalue weighted by Crippen LogP contribution is -2.29. The second-order valence-electron chi connectivity index (χ2n) is 5.31. The van der Waals surface area contributed by atoms with Gasteiger partial charge in [0.25, 0.3) is 6.43 Å². The van der Waals surface area contributed by atoms with Crippen molar-refractivity contribution in [3.63, 3.8) is 0 Å². The predicted molar refractivity (Wildman–Crippen MR) is 79.1 cm³/mol. The largest absolute Gasteiger partial charge is 0.310 e. The Hall–Kier alpha value is -1.05. The summed E-state index contributed by atoms with van der Waals surface area (Å²) in [6.45, 7) is 7.10. The highest BCUT2D eigenvalue weighted by Crippen LogP contribution is 2.21. The fourth-order valence-corrected chi connectivity index (χ4v) is 3.22. The molecule has 2 N–H and O–H groups in total. The molecule has 0 fully saturated rings. The van der Waals surface area contributed by atoms with E-state index in [1.165, 1.54) is 6.07 Å². The van der Waals surface area contributed by atoms with E-state index in [0.717, 1.165) is 11.1 Å². The minimum absolute atomic E-state index is 0.0590. The second-order valence-corrected chi connectivity index (χ2v) is 7.05. The monoisotopic (exact) mass is 320 g/mol. The van der Waals surface area contributed by atoms with Crippen LogP contribution in [0.4, 0.5) is 8.78 Å². The molecule has 0 unspecified atom stereocenters. The molecule has 0 aliphatic carbocycles. The quantitative estimate of drug-likeness (QED) is 0.811. The fourth-order valence-electron chi connectivity index (χ4n) is 1.85. The Morgan fingerprint density at radius 2 is 1.81 bits per heavy atom. The standard InChI is InChI=1S/C14H22F2N2O2S/c1-9(2)17-7-12-5-10(3)11(4)13(6-12)21(19,20)18-8-14(15)16/h5-6,9,14,17-18H,7-8H2,1-4H3. The van der Waals surface area contributed by atoms with Gasteiger partial charge in [-0.05, 0) is 36.6 Å². The molecule has 0 aromatic heterocycles. The third kappa shape index (κ3) is 5.33. The van der Waals surface area contributed by atoms with Crippen molar-refractivity contribution in [1.29, 1.82) is 0 Å². The van der Waals surface area contributed by atoms with Crippen LogP contribution < -0.4 is 10.0 Å². The SMILES string of the molecule is Cc1cc(CNC(C)C)cc(S(=O)(=O)NCC(F)F)c1C. The lowest BCUT2D eigenvalue weighted by molar-refractivity contribution is 0.153. The van der Waals surface area contributed by atoms with E-state index in [0.29, 0.717) is 12.1 Å². The zero-order chi connectivity index (χ0) is 16.2. The molecule has 21 heavy (non-hydrogen) atoms. The summed E-state index contributed by atoms with van der Waals surface area (Å²) in [5.74, 6) is 0. The van der Waals surface area contributed by atoms with E-state index in [2.05, 4.69) is 5.32 Å². The number of rotatable bonds is 7. The predicted octanol–water partition coefficient (Wildman–Crippen LogP) is 2.34. The maximum atomic E-state index is 12.2. The Bertz CT molecular complexity index is 587. The number of sulfonamides is 1. The van der Waals surface area contributed by atoms with Crippen molar-refractivity contribution >= 4 is 10.0 Å². The third-order valence-corrected chi connectivity index (χ3v) is 4.66. The molecule has 0 atom stereocenters. The van der Waals surface area contributed by atoms with Crippen LogP contribution in [0, 0.1) is 13.8 Å². The van der Waals surface area contributed by atoms with E-state index < -0.39 is 23.0 Å². The van der Waals surface area contributed by atoms with Crippen molar-refractivity contribution in [3.05, 3.63) is 28.8 Å². The molecule has 0 saturated carbocycles. The van der Waals surface area contributed by atoms with Gasteiger partial charge in [0.15, 0.2) is 0 Å². The van der Waals surface area contributed by atoms with Crippen molar-refractivity contribution in [2.75, 3.05) is 6.54 Å². The molecule has 1 rings (SSSR count). The molecule has 7 heteroatoms. The maximum Gasteiger partial charge on any atom is 0.251 e. The van der Waals surface area contributed by atoms with Gasteiger partial charge in [-0.15, -0.1) is 0 Å². The summed E-state index contributed by atoms with van der Waals surface area (Å²) in [7, 11) is -3.93. The van der Waals surface area contributed by atoms with Crippen LogP contribution in [0.2, 0.25) is 0 Å². The highest BCUT2D eigenvalue weighted by atomic mass is 32.2. The Labute approximate surface area is 125 Å². The summed E-state index contributed by atoms with van der Waals surface area (Å²) in [6.07, 6.45) is -2.72. The van der Waals surface area contributed by atoms with Crippen LogP contribution in [0.1, 0.15) is 30.5 Å². The maximum absolute atomic E-state index is 12.2. The molecule has 0 spiro atoms. The van der Waals surface area contributed by atoms with Gasteiger partial charge >= 0.3 is 0 Å². The number of halogens is 2. The van der Waals surface area contributed by atoms with Crippen molar-refractivity contribution in [3.8, 4) is 0 Å². The Balaban J connectivity index is 3.10. The van der Waals surface area contributed by atoms with E-state index in [-0.39, 0.29) is 10.9 Å². The number of alkyl halides is 2. The first-order valence-corrected chi connectivity index (χ1v) is 8.23. The summed E-state index contributed by atoms with van der Waals surface area (Å²) in [5.41, 5.74) is 2.20. The molecule has 0 aliphatic heterocycles. The Morgan fingerprint density at radius 1 is 1.19 bits per heavy atom. The number of hydrogen-bond donors (Lipinski definition) is 2. The van der Waals surface area contributed by atoms with Crippen molar-refractivity contribution < 1.29 is 17.2 Å². The highest BCUT2D eigenvalue weighted by molar-refractivity contribution is 7.89. The van der Waals surface area contributed by atoms with Gasteiger partial charge in [0.2, 0.25) is 10.0 Å². The van der Waals surface area contributed by atoms with E-state index in [4.69, 9.17) is 0 Å². The molecule has 1 aromatic carbocycles. The molecule has 0 radical (unpaired) electrons. The zero-order valence-corrected chi connectivity index (χ0v) is 13.5. The number of hydrogen-bond acceptors (Lipinski definition) is 3. The first-order chi connectivity index (χ1) is 9.63. The molecule has 1 aromatic rings. The fraction of sp³-hybridized carbons (Fsp3) is 0.571. The minimum Gasteiger partial charge on any atom is -0.310 e. The average Bonchev–Trinajstić information content (AvgIpc) is 2.37. The lowest BCUT2D eigenvalue weighted by atomic mass is 10.1. The van der Waals surface area contributed by atoms with E-state index >= 15 is 0 Å². The van der Waals surface area contributed by atoms with Gasteiger partial charge in [-0.25, -0.2) is 21.9 Å². The van der Waals surface area contributed by atoms with Crippen LogP contribution >= 0.6 is 0 Å². The molecule has 120 valence electrons. The molecule has 0 amide bonds. The van der Waals surface area contributed by atoms with Gasteiger partial charge in [-0.1, -0.05) is 19.9 Å². The molecule has 4 nitrogen and oxygen atoms in total. The molecular weight excluding hydrogens is 298 g/mol. The van der Waals surface area contributed by atoms with Gasteiger partial charge in [0.05, 0.1) is 11.4 Å². The summed E-state index contributed by atoms with van der Waals surface area (Å²) in [6, 6.07) is 3.70. The summed E-state index contributed by atoms with van der Waals surface area (Å²) < 4.78 is 50.6. The van der Waals surface area contributed by atoms with E-state index in [1.54, 1.807) is 13.8 Å². The third-order valence-electron chi connectivity index (χ3n) is 3.11. The summed E-state index contributed by atoms with van der Waals surface area (Å²) in [4.78, 5) is 0.0590. The van der Waals surface area contributed by atoms with E-state index in [1.807, 2.05) is 24.6 Å².